The molecule has 0 saturated carbocycles. The largest absolute Gasteiger partial charge is 0.484 e. The number of nitrogens with zero attached hydrogens (tertiary/aromatic N) is 2. The van der Waals surface area contributed by atoms with Gasteiger partial charge in [-0.15, -0.1) is 0 Å². The number of hydrogen-bond acceptors (Lipinski definition) is 5. The highest BCUT2D eigenvalue weighted by molar-refractivity contribution is 5.30. The summed E-state index contributed by atoms with van der Waals surface area (Å²) in [4.78, 5) is 4.00. The molecule has 1 atom stereocenters. The van der Waals surface area contributed by atoms with Crippen LogP contribution in [-0.2, 0) is 6.61 Å². The first-order valence-electron chi connectivity index (χ1n) is 5.99. The Balaban J connectivity index is 2.04. The first-order chi connectivity index (χ1) is 9.10. The lowest BCUT2D eigenvalue weighted by atomic mass is 10.1. The predicted molar refractivity (Wildman–Crippen MR) is 67.2 cm³/mol. The van der Waals surface area contributed by atoms with Gasteiger partial charge in [-0.2, -0.15) is 4.98 Å². The van der Waals surface area contributed by atoms with Gasteiger partial charge in [0.15, 0.2) is 12.4 Å². The van der Waals surface area contributed by atoms with Crippen LogP contribution in [0, 0.1) is 12.7 Å². The third-order valence-corrected chi connectivity index (χ3v) is 2.80. The van der Waals surface area contributed by atoms with Gasteiger partial charge in [-0.05, 0) is 27.0 Å². The van der Waals surface area contributed by atoms with Crippen molar-refractivity contribution in [2.75, 3.05) is 7.05 Å². The van der Waals surface area contributed by atoms with Gasteiger partial charge in [-0.1, -0.05) is 11.2 Å². The van der Waals surface area contributed by atoms with Crippen LogP contribution in [0.15, 0.2) is 22.7 Å². The standard InChI is InChI=1S/C13H16FN3O2/c1-8(15-3)11-5-4-10(6-12(11)14)18-7-13-16-9(2)17-19-13/h4-6,8,15H,7H2,1-3H3. The van der Waals surface area contributed by atoms with Crippen molar-refractivity contribution in [2.24, 2.45) is 0 Å². The molecule has 102 valence electrons. The van der Waals surface area contributed by atoms with Crippen LogP contribution in [0.5, 0.6) is 5.75 Å². The summed E-state index contributed by atoms with van der Waals surface area (Å²) in [6.45, 7) is 3.74. The monoisotopic (exact) mass is 265 g/mol. The fourth-order valence-corrected chi connectivity index (χ4v) is 1.65. The van der Waals surface area contributed by atoms with E-state index in [1.807, 2.05) is 6.92 Å². The zero-order valence-corrected chi connectivity index (χ0v) is 11.1. The molecule has 0 aliphatic heterocycles. The van der Waals surface area contributed by atoms with Gasteiger partial charge in [0.2, 0.25) is 0 Å². The fraction of sp³-hybridized carbons (Fsp3) is 0.385. The number of halogens is 1. The van der Waals surface area contributed by atoms with E-state index in [2.05, 4.69) is 15.5 Å². The van der Waals surface area contributed by atoms with Crippen LogP contribution >= 0.6 is 0 Å². The Bertz CT molecular complexity index is 557. The van der Waals surface area contributed by atoms with E-state index in [9.17, 15) is 4.39 Å². The second kappa shape index (κ2) is 5.79. The van der Waals surface area contributed by atoms with Crippen LogP contribution in [0.2, 0.25) is 0 Å². The Morgan fingerprint density at radius 3 is 2.84 bits per heavy atom. The molecule has 0 radical (unpaired) electrons. The van der Waals surface area contributed by atoms with Gasteiger partial charge in [0.25, 0.3) is 5.89 Å². The second-order valence-electron chi connectivity index (χ2n) is 4.22. The van der Waals surface area contributed by atoms with Gasteiger partial charge in [0.1, 0.15) is 11.6 Å². The zero-order valence-electron chi connectivity index (χ0n) is 11.1. The summed E-state index contributed by atoms with van der Waals surface area (Å²) in [6, 6.07) is 4.72. The van der Waals surface area contributed by atoms with Crippen molar-refractivity contribution >= 4 is 0 Å². The summed E-state index contributed by atoms with van der Waals surface area (Å²) in [5.41, 5.74) is 0.600. The molecule has 0 amide bonds. The summed E-state index contributed by atoms with van der Waals surface area (Å²) >= 11 is 0. The molecule has 0 saturated heterocycles. The van der Waals surface area contributed by atoms with Crippen LogP contribution < -0.4 is 10.1 Å². The quantitative estimate of drug-likeness (QED) is 0.899. The molecule has 0 spiro atoms. The predicted octanol–water partition coefficient (Wildman–Crippen LogP) is 2.38. The van der Waals surface area contributed by atoms with E-state index in [4.69, 9.17) is 9.26 Å². The van der Waals surface area contributed by atoms with Crippen LogP contribution in [0.1, 0.15) is 30.2 Å². The van der Waals surface area contributed by atoms with Gasteiger partial charge >= 0.3 is 0 Å². The fourth-order valence-electron chi connectivity index (χ4n) is 1.65. The summed E-state index contributed by atoms with van der Waals surface area (Å²) in [5.74, 6) is 1.04. The summed E-state index contributed by atoms with van der Waals surface area (Å²) in [7, 11) is 1.78. The minimum Gasteiger partial charge on any atom is -0.484 e. The summed E-state index contributed by atoms with van der Waals surface area (Å²) in [6.07, 6.45) is 0. The molecule has 5 nitrogen and oxygen atoms in total. The van der Waals surface area contributed by atoms with Crippen molar-refractivity contribution in [1.82, 2.24) is 15.5 Å². The molecule has 1 aromatic carbocycles. The van der Waals surface area contributed by atoms with Crippen molar-refractivity contribution in [3.8, 4) is 5.75 Å². The minimum absolute atomic E-state index is 0.0485. The van der Waals surface area contributed by atoms with Gasteiger partial charge in [-0.25, -0.2) is 4.39 Å². The molecule has 1 N–H and O–H groups in total. The molecular weight excluding hydrogens is 249 g/mol. The molecule has 0 aliphatic carbocycles. The molecule has 0 bridgehead atoms. The van der Waals surface area contributed by atoms with Crippen molar-refractivity contribution < 1.29 is 13.7 Å². The lowest BCUT2D eigenvalue weighted by molar-refractivity contribution is 0.241. The second-order valence-corrected chi connectivity index (χ2v) is 4.22. The average molecular weight is 265 g/mol. The number of ether oxygens (including phenoxy) is 1. The van der Waals surface area contributed by atoms with E-state index < -0.39 is 0 Å². The third kappa shape index (κ3) is 3.29. The van der Waals surface area contributed by atoms with Gasteiger partial charge in [0, 0.05) is 17.7 Å². The Hall–Kier alpha value is -1.95. The zero-order chi connectivity index (χ0) is 13.8. The number of aromatic nitrogens is 2. The van der Waals surface area contributed by atoms with Crippen LogP contribution in [0.4, 0.5) is 4.39 Å². The first-order valence-corrected chi connectivity index (χ1v) is 5.99. The van der Waals surface area contributed by atoms with E-state index in [-0.39, 0.29) is 18.5 Å². The van der Waals surface area contributed by atoms with Crippen LogP contribution in [-0.4, -0.2) is 17.2 Å². The Morgan fingerprint density at radius 1 is 1.47 bits per heavy atom. The van der Waals surface area contributed by atoms with E-state index in [1.165, 1.54) is 6.07 Å². The normalized spacial score (nSPS) is 12.4. The molecule has 0 aliphatic rings. The maximum Gasteiger partial charge on any atom is 0.264 e. The molecule has 6 heteroatoms. The Kier molecular flexibility index (Phi) is 4.11. The number of aryl methyl sites for hydroxylation is 1. The molecule has 0 fully saturated rings. The molecule has 2 rings (SSSR count). The molecule has 1 aromatic heterocycles. The Labute approximate surface area is 110 Å². The maximum atomic E-state index is 13.8. The first kappa shape index (κ1) is 13.5. The van der Waals surface area contributed by atoms with E-state index in [0.717, 1.165) is 0 Å². The van der Waals surface area contributed by atoms with Crippen LogP contribution in [0.3, 0.4) is 0 Å². The molecule has 19 heavy (non-hydrogen) atoms. The molecule has 1 heterocycles. The van der Waals surface area contributed by atoms with Crippen molar-refractivity contribution in [2.45, 2.75) is 26.5 Å². The lowest BCUT2D eigenvalue weighted by Gasteiger charge is -2.12. The SMILES string of the molecule is CNC(C)c1ccc(OCc2nc(C)no2)cc1F. The van der Waals surface area contributed by atoms with Gasteiger partial charge < -0.3 is 14.6 Å². The lowest BCUT2D eigenvalue weighted by Crippen LogP contribution is -2.13. The van der Waals surface area contributed by atoms with Gasteiger partial charge in [-0.3, -0.25) is 0 Å². The average Bonchev–Trinajstić information content (AvgIpc) is 2.81. The van der Waals surface area contributed by atoms with Crippen molar-refractivity contribution in [3.05, 3.63) is 41.3 Å². The maximum absolute atomic E-state index is 13.8. The number of hydrogen-bond donors (Lipinski definition) is 1. The van der Waals surface area contributed by atoms with Crippen molar-refractivity contribution in [1.29, 1.82) is 0 Å². The summed E-state index contributed by atoms with van der Waals surface area (Å²) in [5, 5.41) is 6.63. The van der Waals surface area contributed by atoms with E-state index >= 15 is 0 Å². The van der Waals surface area contributed by atoms with Crippen molar-refractivity contribution in [3.63, 3.8) is 0 Å². The highest BCUT2D eigenvalue weighted by Gasteiger charge is 2.10. The molecular formula is C13H16FN3O2. The topological polar surface area (TPSA) is 60.2 Å². The van der Waals surface area contributed by atoms with Crippen LogP contribution in [0.25, 0.3) is 0 Å². The molecule has 2 aromatic rings. The van der Waals surface area contributed by atoms with E-state index in [0.29, 0.717) is 23.0 Å². The van der Waals surface area contributed by atoms with E-state index in [1.54, 1.807) is 26.1 Å². The minimum atomic E-state index is -0.305. The number of rotatable bonds is 5. The highest BCUT2D eigenvalue weighted by atomic mass is 19.1. The number of nitrogens with one attached hydrogen (secondary N) is 1. The smallest absolute Gasteiger partial charge is 0.264 e. The number of benzene rings is 1. The Morgan fingerprint density at radius 2 is 2.26 bits per heavy atom. The highest BCUT2D eigenvalue weighted by Crippen LogP contribution is 2.22. The third-order valence-electron chi connectivity index (χ3n) is 2.80. The molecule has 1 unspecified atom stereocenters. The van der Waals surface area contributed by atoms with Gasteiger partial charge in [0.05, 0.1) is 0 Å². The summed E-state index contributed by atoms with van der Waals surface area (Å²) < 4.78 is 24.1.